The van der Waals surface area contributed by atoms with Crippen molar-refractivity contribution >= 4 is 29.2 Å². The second-order valence-corrected chi connectivity index (χ2v) is 8.89. The van der Waals surface area contributed by atoms with E-state index in [1.54, 1.807) is 0 Å². The molecule has 1 aromatic heterocycles. The van der Waals surface area contributed by atoms with Crippen LogP contribution in [0.25, 0.3) is 10.9 Å². The molecule has 4 nitrogen and oxygen atoms in total. The molecule has 2 aromatic rings. The molecule has 0 saturated carbocycles. The molecule has 0 spiro atoms. The normalized spacial score (nSPS) is 25.0. The van der Waals surface area contributed by atoms with E-state index in [0.29, 0.717) is 0 Å². The van der Waals surface area contributed by atoms with Gasteiger partial charge in [0.1, 0.15) is 0 Å². The predicted octanol–water partition coefficient (Wildman–Crippen LogP) is 3.77. The molecule has 2 aliphatic heterocycles. The maximum atomic E-state index is 6.25. The molecule has 2 saturated heterocycles. The number of nitrogens with zero attached hydrogens (tertiary/aromatic N) is 2. The number of fused-ring (bicyclic) bond motifs is 1. The van der Waals surface area contributed by atoms with Gasteiger partial charge in [0, 0.05) is 30.4 Å². The monoisotopic (exact) mass is 352 g/mol. The van der Waals surface area contributed by atoms with Crippen LogP contribution >= 0.6 is 0 Å². The summed E-state index contributed by atoms with van der Waals surface area (Å²) in [6.07, 6.45) is 4.49. The van der Waals surface area contributed by atoms with Crippen LogP contribution in [0.2, 0.25) is 0 Å². The molecule has 5 heteroatoms. The first-order valence-electron chi connectivity index (χ1n) is 9.76. The van der Waals surface area contributed by atoms with Gasteiger partial charge in [-0.3, -0.25) is 4.98 Å². The fourth-order valence-corrected chi connectivity index (χ4v) is 3.96. The Labute approximate surface area is 157 Å². The summed E-state index contributed by atoms with van der Waals surface area (Å²) in [5.74, 6) is 0.734. The molecule has 3 heterocycles. The Morgan fingerprint density at radius 2 is 1.85 bits per heavy atom. The van der Waals surface area contributed by atoms with Crippen LogP contribution in [0.3, 0.4) is 0 Å². The highest BCUT2D eigenvalue weighted by molar-refractivity contribution is 6.62. The van der Waals surface area contributed by atoms with E-state index in [-0.39, 0.29) is 18.3 Å². The Morgan fingerprint density at radius 3 is 2.54 bits per heavy atom. The van der Waals surface area contributed by atoms with Gasteiger partial charge in [-0.05, 0) is 64.1 Å². The first kappa shape index (κ1) is 17.8. The Kier molecular flexibility index (Phi) is 4.28. The summed E-state index contributed by atoms with van der Waals surface area (Å²) in [4.78, 5) is 7.08. The van der Waals surface area contributed by atoms with Gasteiger partial charge in [-0.25, -0.2) is 0 Å². The van der Waals surface area contributed by atoms with Crippen molar-refractivity contribution in [2.75, 3.05) is 18.0 Å². The van der Waals surface area contributed by atoms with Crippen LogP contribution in [-0.4, -0.2) is 36.4 Å². The highest BCUT2D eigenvalue weighted by atomic mass is 16.7. The van der Waals surface area contributed by atoms with E-state index in [9.17, 15) is 0 Å². The maximum Gasteiger partial charge on any atom is 0.494 e. The number of pyridine rings is 1. The van der Waals surface area contributed by atoms with Crippen molar-refractivity contribution in [3.63, 3.8) is 0 Å². The highest BCUT2D eigenvalue weighted by Gasteiger charge is 2.51. The van der Waals surface area contributed by atoms with Crippen LogP contribution in [0.1, 0.15) is 47.5 Å². The summed E-state index contributed by atoms with van der Waals surface area (Å²) >= 11 is 0. The number of piperidine rings is 1. The van der Waals surface area contributed by atoms with Gasteiger partial charge >= 0.3 is 7.12 Å². The predicted molar refractivity (Wildman–Crippen MR) is 108 cm³/mol. The largest absolute Gasteiger partial charge is 0.494 e. The van der Waals surface area contributed by atoms with Gasteiger partial charge in [-0.2, -0.15) is 0 Å². The molecule has 0 aliphatic carbocycles. The van der Waals surface area contributed by atoms with Gasteiger partial charge in [0.2, 0.25) is 0 Å². The molecule has 2 fully saturated rings. The number of rotatable bonds is 2. The van der Waals surface area contributed by atoms with Crippen LogP contribution in [0.5, 0.6) is 0 Å². The van der Waals surface area contributed by atoms with Crippen LogP contribution in [0.15, 0.2) is 30.5 Å². The molecule has 0 amide bonds. The van der Waals surface area contributed by atoms with E-state index in [2.05, 4.69) is 68.8 Å². The Morgan fingerprint density at radius 1 is 1.12 bits per heavy atom. The van der Waals surface area contributed by atoms with Crippen molar-refractivity contribution in [1.82, 2.24) is 4.98 Å². The molecular weight excluding hydrogens is 323 g/mol. The lowest BCUT2D eigenvalue weighted by atomic mass is 9.78. The summed E-state index contributed by atoms with van der Waals surface area (Å²) in [7, 11) is -0.335. The minimum absolute atomic E-state index is 0.327. The van der Waals surface area contributed by atoms with E-state index >= 15 is 0 Å². The van der Waals surface area contributed by atoms with Gasteiger partial charge in [-0.15, -0.1) is 0 Å². The summed E-state index contributed by atoms with van der Waals surface area (Å²) < 4.78 is 12.5. The molecule has 138 valence electrons. The zero-order valence-corrected chi connectivity index (χ0v) is 16.6. The lowest BCUT2D eigenvalue weighted by Crippen LogP contribution is -2.41. The molecule has 4 rings (SSSR count). The lowest BCUT2D eigenvalue weighted by molar-refractivity contribution is 0.00578. The fraction of sp³-hybridized carbons (Fsp3) is 0.571. The molecular formula is C21H29BN2O2. The lowest BCUT2D eigenvalue weighted by Gasteiger charge is -2.33. The van der Waals surface area contributed by atoms with Crippen molar-refractivity contribution in [3.05, 3.63) is 30.5 Å². The van der Waals surface area contributed by atoms with Crippen molar-refractivity contribution < 1.29 is 9.31 Å². The highest BCUT2D eigenvalue weighted by Crippen LogP contribution is 2.37. The first-order valence-corrected chi connectivity index (χ1v) is 9.76. The molecule has 2 aliphatic rings. The third-order valence-corrected chi connectivity index (χ3v) is 6.27. The van der Waals surface area contributed by atoms with Crippen LogP contribution in [0, 0.1) is 5.92 Å². The number of hydrogen-bond donors (Lipinski definition) is 0. The molecule has 1 atom stereocenters. The van der Waals surface area contributed by atoms with Gasteiger partial charge < -0.3 is 14.2 Å². The van der Waals surface area contributed by atoms with E-state index in [0.717, 1.165) is 30.0 Å². The Balaban J connectivity index is 1.72. The van der Waals surface area contributed by atoms with Gasteiger partial charge in [0.05, 0.1) is 16.7 Å². The number of aromatic nitrogens is 1. The smallest absolute Gasteiger partial charge is 0.399 e. The van der Waals surface area contributed by atoms with Crippen molar-refractivity contribution in [2.45, 2.75) is 58.7 Å². The Hall–Kier alpha value is -1.59. The molecule has 1 aromatic carbocycles. The molecule has 26 heavy (non-hydrogen) atoms. The summed E-state index contributed by atoms with van der Waals surface area (Å²) in [6.45, 7) is 12.9. The average molecular weight is 352 g/mol. The van der Waals surface area contributed by atoms with Gasteiger partial charge in [0.25, 0.3) is 0 Å². The van der Waals surface area contributed by atoms with Crippen molar-refractivity contribution in [2.24, 2.45) is 5.92 Å². The van der Waals surface area contributed by atoms with Crippen molar-refractivity contribution in [3.8, 4) is 0 Å². The minimum atomic E-state index is -0.335. The van der Waals surface area contributed by atoms with E-state index in [4.69, 9.17) is 9.31 Å². The van der Waals surface area contributed by atoms with Gasteiger partial charge in [-0.1, -0.05) is 19.1 Å². The summed E-state index contributed by atoms with van der Waals surface area (Å²) in [6, 6.07) is 8.53. The topological polar surface area (TPSA) is 34.6 Å². The zero-order valence-electron chi connectivity index (χ0n) is 16.6. The van der Waals surface area contributed by atoms with Crippen LogP contribution in [0.4, 0.5) is 5.69 Å². The maximum absolute atomic E-state index is 6.25. The molecule has 0 N–H and O–H groups in total. The van der Waals surface area contributed by atoms with E-state index < -0.39 is 0 Å². The fourth-order valence-electron chi connectivity index (χ4n) is 3.96. The van der Waals surface area contributed by atoms with Crippen LogP contribution in [-0.2, 0) is 9.31 Å². The van der Waals surface area contributed by atoms with E-state index in [1.165, 1.54) is 23.9 Å². The number of anilines is 1. The quantitative estimate of drug-likeness (QED) is 0.771. The molecule has 0 unspecified atom stereocenters. The summed E-state index contributed by atoms with van der Waals surface area (Å²) in [5.41, 5.74) is 2.72. The van der Waals surface area contributed by atoms with Crippen LogP contribution < -0.4 is 10.4 Å². The molecule has 0 radical (unpaired) electrons. The Bertz CT molecular complexity index is 805. The second kappa shape index (κ2) is 6.24. The second-order valence-electron chi connectivity index (χ2n) is 8.89. The SMILES string of the molecule is C[C@H]1CCCN(c2ccnc3ccc(B4OC(C)(C)C(C)(C)O4)cc23)C1. The van der Waals surface area contributed by atoms with Crippen molar-refractivity contribution in [1.29, 1.82) is 0 Å². The third-order valence-electron chi connectivity index (χ3n) is 6.27. The molecule has 0 bridgehead atoms. The van der Waals surface area contributed by atoms with E-state index in [1.807, 2.05) is 6.20 Å². The standard InChI is InChI=1S/C21H29BN2O2/c1-15-7-6-12-24(14-15)19-10-11-23-18-9-8-16(13-17(18)19)22-25-20(2,3)21(4,5)26-22/h8-11,13,15H,6-7,12,14H2,1-5H3/t15-/m0/s1. The first-order chi connectivity index (χ1) is 12.3. The zero-order chi connectivity index (χ0) is 18.5. The average Bonchev–Trinajstić information content (AvgIpc) is 2.81. The number of hydrogen-bond acceptors (Lipinski definition) is 4. The summed E-state index contributed by atoms with van der Waals surface area (Å²) in [5, 5.41) is 1.19. The number of benzene rings is 1. The van der Waals surface area contributed by atoms with Gasteiger partial charge in [0.15, 0.2) is 0 Å². The third kappa shape index (κ3) is 3.01. The minimum Gasteiger partial charge on any atom is -0.399 e.